The van der Waals surface area contributed by atoms with E-state index in [0.29, 0.717) is 17.0 Å². The standard InChI is InChI=1S/C18H24N4O5/c1-4-18(13-8-6-5-7-9-13)16(26)22(17(27)19-18)20-14(23)11-21(3)10-12(2)15(24)25/h5-9,12H,4,10-11H2,1-3H3,(H,19,27)(H,20,23)(H,24,25). The van der Waals surface area contributed by atoms with E-state index in [0.717, 1.165) is 0 Å². The van der Waals surface area contributed by atoms with Gasteiger partial charge in [-0.2, -0.15) is 5.01 Å². The molecule has 1 aliphatic rings. The molecule has 1 fully saturated rings. The van der Waals surface area contributed by atoms with Crippen molar-refractivity contribution in [2.24, 2.45) is 5.92 Å². The number of carboxylic acids is 1. The minimum absolute atomic E-state index is 0.154. The summed E-state index contributed by atoms with van der Waals surface area (Å²) >= 11 is 0. The summed E-state index contributed by atoms with van der Waals surface area (Å²) in [5.74, 6) is -2.76. The fourth-order valence-corrected chi connectivity index (χ4v) is 3.05. The van der Waals surface area contributed by atoms with Gasteiger partial charge in [0.1, 0.15) is 5.54 Å². The molecular weight excluding hydrogens is 352 g/mol. The zero-order valence-electron chi connectivity index (χ0n) is 15.6. The number of aliphatic carboxylic acids is 1. The van der Waals surface area contributed by atoms with E-state index in [-0.39, 0.29) is 13.1 Å². The molecule has 9 heteroatoms. The molecule has 1 saturated heterocycles. The SMILES string of the molecule is CCC1(c2ccccc2)NC(=O)N(NC(=O)CN(C)CC(C)C(=O)O)C1=O. The molecule has 1 aromatic rings. The molecule has 146 valence electrons. The average molecular weight is 376 g/mol. The van der Waals surface area contributed by atoms with Gasteiger partial charge in [0.15, 0.2) is 0 Å². The monoisotopic (exact) mass is 376 g/mol. The van der Waals surface area contributed by atoms with Gasteiger partial charge in [0.25, 0.3) is 11.8 Å². The van der Waals surface area contributed by atoms with Crippen LogP contribution in [0.25, 0.3) is 0 Å². The van der Waals surface area contributed by atoms with Crippen LogP contribution in [-0.4, -0.2) is 59.0 Å². The number of urea groups is 1. The summed E-state index contributed by atoms with van der Waals surface area (Å²) in [6, 6.07) is 8.13. The smallest absolute Gasteiger partial charge is 0.344 e. The summed E-state index contributed by atoms with van der Waals surface area (Å²) in [5.41, 5.74) is 1.72. The summed E-state index contributed by atoms with van der Waals surface area (Å²) < 4.78 is 0. The van der Waals surface area contributed by atoms with Crippen LogP contribution in [0.4, 0.5) is 4.79 Å². The lowest BCUT2D eigenvalue weighted by Gasteiger charge is -2.25. The number of rotatable bonds is 8. The van der Waals surface area contributed by atoms with E-state index in [9.17, 15) is 19.2 Å². The lowest BCUT2D eigenvalue weighted by atomic mass is 9.87. The molecule has 2 rings (SSSR count). The summed E-state index contributed by atoms with van der Waals surface area (Å²) in [6.45, 7) is 3.31. The van der Waals surface area contributed by atoms with Crippen molar-refractivity contribution in [2.45, 2.75) is 25.8 Å². The highest BCUT2D eigenvalue weighted by Gasteiger charge is 2.52. The maximum atomic E-state index is 12.9. The molecule has 0 bridgehead atoms. The van der Waals surface area contributed by atoms with Gasteiger partial charge >= 0.3 is 12.0 Å². The van der Waals surface area contributed by atoms with E-state index in [2.05, 4.69) is 10.7 Å². The Morgan fingerprint density at radius 2 is 1.93 bits per heavy atom. The zero-order chi connectivity index (χ0) is 20.2. The average Bonchev–Trinajstić information content (AvgIpc) is 2.87. The molecular formula is C18H24N4O5. The first kappa shape index (κ1) is 20.4. The van der Waals surface area contributed by atoms with Gasteiger partial charge in [-0.25, -0.2) is 4.79 Å². The van der Waals surface area contributed by atoms with Crippen LogP contribution in [0, 0.1) is 5.92 Å². The van der Waals surface area contributed by atoms with Gasteiger partial charge in [-0.05, 0) is 19.0 Å². The van der Waals surface area contributed by atoms with Gasteiger partial charge in [-0.15, -0.1) is 0 Å². The number of carbonyl (C=O) groups excluding carboxylic acids is 3. The Morgan fingerprint density at radius 3 is 2.48 bits per heavy atom. The number of nitrogens with zero attached hydrogens (tertiary/aromatic N) is 2. The molecule has 2 atom stereocenters. The van der Waals surface area contributed by atoms with Crippen molar-refractivity contribution >= 4 is 23.8 Å². The van der Waals surface area contributed by atoms with Crippen molar-refractivity contribution in [2.75, 3.05) is 20.1 Å². The summed E-state index contributed by atoms with van der Waals surface area (Å²) in [4.78, 5) is 49.8. The Balaban J connectivity index is 2.07. The van der Waals surface area contributed by atoms with E-state index in [1.807, 2.05) is 6.07 Å². The third-order valence-corrected chi connectivity index (χ3v) is 4.55. The zero-order valence-corrected chi connectivity index (χ0v) is 15.6. The van der Waals surface area contributed by atoms with Crippen LogP contribution in [0.2, 0.25) is 0 Å². The Bertz CT molecular complexity index is 739. The number of imide groups is 1. The van der Waals surface area contributed by atoms with Gasteiger partial charge in [0.2, 0.25) is 0 Å². The molecule has 0 aromatic heterocycles. The van der Waals surface area contributed by atoms with E-state index >= 15 is 0 Å². The molecule has 4 amide bonds. The van der Waals surface area contributed by atoms with Crippen molar-refractivity contribution in [3.63, 3.8) is 0 Å². The van der Waals surface area contributed by atoms with Crippen molar-refractivity contribution in [3.05, 3.63) is 35.9 Å². The Kier molecular flexibility index (Phi) is 6.17. The highest BCUT2D eigenvalue weighted by molar-refractivity contribution is 6.08. The fraction of sp³-hybridized carbons (Fsp3) is 0.444. The van der Waals surface area contributed by atoms with Crippen LogP contribution in [0.1, 0.15) is 25.8 Å². The highest BCUT2D eigenvalue weighted by atomic mass is 16.4. The number of benzene rings is 1. The number of nitrogens with one attached hydrogen (secondary N) is 2. The number of hydrazine groups is 1. The molecule has 9 nitrogen and oxygen atoms in total. The molecule has 1 aromatic carbocycles. The molecule has 2 unspecified atom stereocenters. The fourth-order valence-electron chi connectivity index (χ4n) is 3.05. The lowest BCUT2D eigenvalue weighted by Crippen LogP contribution is -2.51. The largest absolute Gasteiger partial charge is 0.481 e. The highest BCUT2D eigenvalue weighted by Crippen LogP contribution is 2.31. The number of likely N-dealkylation sites (N-methyl/N-ethyl adjacent to an activating group) is 1. The second-order valence-corrected chi connectivity index (χ2v) is 6.67. The summed E-state index contributed by atoms with van der Waals surface area (Å²) in [6.07, 6.45) is 0.323. The number of hydrogen-bond donors (Lipinski definition) is 3. The van der Waals surface area contributed by atoms with Crippen LogP contribution in [-0.2, 0) is 19.9 Å². The molecule has 0 spiro atoms. The van der Waals surface area contributed by atoms with Crippen molar-refractivity contribution in [1.82, 2.24) is 20.7 Å². The third kappa shape index (κ3) is 4.25. The Labute approximate surface area is 157 Å². The van der Waals surface area contributed by atoms with E-state index in [4.69, 9.17) is 5.11 Å². The molecule has 27 heavy (non-hydrogen) atoms. The van der Waals surface area contributed by atoms with Crippen LogP contribution < -0.4 is 10.7 Å². The number of carbonyl (C=O) groups is 4. The van der Waals surface area contributed by atoms with Crippen LogP contribution in [0.5, 0.6) is 0 Å². The van der Waals surface area contributed by atoms with Crippen LogP contribution in [0.3, 0.4) is 0 Å². The summed E-state index contributed by atoms with van der Waals surface area (Å²) in [7, 11) is 1.59. The van der Waals surface area contributed by atoms with Gasteiger partial charge in [-0.1, -0.05) is 44.2 Å². The minimum Gasteiger partial charge on any atom is -0.481 e. The van der Waals surface area contributed by atoms with Gasteiger partial charge in [0, 0.05) is 6.54 Å². The first-order valence-electron chi connectivity index (χ1n) is 8.64. The predicted molar refractivity (Wildman–Crippen MR) is 96.2 cm³/mol. The quantitative estimate of drug-likeness (QED) is 0.570. The van der Waals surface area contributed by atoms with Gasteiger partial charge in [0.05, 0.1) is 12.5 Å². The molecule has 3 N–H and O–H groups in total. The normalized spacial score (nSPS) is 20.5. The van der Waals surface area contributed by atoms with E-state index in [1.165, 1.54) is 11.8 Å². The first-order valence-corrected chi connectivity index (χ1v) is 8.64. The molecule has 0 aliphatic carbocycles. The first-order chi connectivity index (χ1) is 12.7. The Hall–Kier alpha value is -2.94. The van der Waals surface area contributed by atoms with Gasteiger partial charge in [-0.3, -0.25) is 24.7 Å². The molecule has 1 aliphatic heterocycles. The second kappa shape index (κ2) is 8.17. The maximum Gasteiger partial charge on any atom is 0.344 e. The van der Waals surface area contributed by atoms with Crippen molar-refractivity contribution < 1.29 is 24.3 Å². The Morgan fingerprint density at radius 1 is 1.30 bits per heavy atom. The number of carboxylic acid groups (broad SMARTS) is 1. The maximum absolute atomic E-state index is 12.9. The topological polar surface area (TPSA) is 119 Å². The van der Waals surface area contributed by atoms with E-state index in [1.54, 1.807) is 38.2 Å². The van der Waals surface area contributed by atoms with Crippen LogP contribution in [0.15, 0.2) is 30.3 Å². The lowest BCUT2D eigenvalue weighted by molar-refractivity contribution is -0.142. The predicted octanol–water partition coefficient (Wildman–Crippen LogP) is 0.527. The van der Waals surface area contributed by atoms with Gasteiger partial charge < -0.3 is 10.4 Å². The van der Waals surface area contributed by atoms with E-state index < -0.39 is 35.3 Å². The number of hydrogen-bond acceptors (Lipinski definition) is 5. The van der Waals surface area contributed by atoms with Crippen LogP contribution >= 0.6 is 0 Å². The molecule has 0 saturated carbocycles. The van der Waals surface area contributed by atoms with Crippen molar-refractivity contribution in [3.8, 4) is 0 Å². The minimum atomic E-state index is -1.23. The third-order valence-electron chi connectivity index (χ3n) is 4.55. The van der Waals surface area contributed by atoms with Crippen molar-refractivity contribution in [1.29, 1.82) is 0 Å². The molecule has 1 heterocycles. The number of amides is 4. The molecule has 0 radical (unpaired) electrons. The second-order valence-electron chi connectivity index (χ2n) is 6.67. The summed E-state index contributed by atoms with van der Waals surface area (Å²) in [5, 5.41) is 12.3.